The molecule has 1 unspecified atom stereocenters. The fourth-order valence-corrected chi connectivity index (χ4v) is 3.58. The SMILES string of the molecule is Cc1cc(C2CCCN2c2ncnc3c2CN(C)CC3)no1. The highest BCUT2D eigenvalue weighted by Crippen LogP contribution is 2.37. The van der Waals surface area contributed by atoms with Crippen molar-refractivity contribution in [3.8, 4) is 0 Å². The van der Waals surface area contributed by atoms with E-state index < -0.39 is 0 Å². The molecule has 0 N–H and O–H groups in total. The van der Waals surface area contributed by atoms with E-state index >= 15 is 0 Å². The first-order valence-corrected chi connectivity index (χ1v) is 7.93. The maximum Gasteiger partial charge on any atom is 0.137 e. The Labute approximate surface area is 130 Å². The number of hydrogen-bond donors (Lipinski definition) is 0. The standard InChI is InChI=1S/C16H21N5O/c1-11-8-14(19-22-11)15-4-3-6-21(15)16-12-9-20(2)7-5-13(12)17-10-18-16/h8,10,15H,3-7,9H2,1-2H3. The average Bonchev–Trinajstić information content (AvgIpc) is 3.15. The zero-order valence-electron chi connectivity index (χ0n) is 13.1. The van der Waals surface area contributed by atoms with Gasteiger partial charge in [-0.3, -0.25) is 0 Å². The molecule has 0 spiro atoms. The summed E-state index contributed by atoms with van der Waals surface area (Å²) in [5.41, 5.74) is 3.50. The fraction of sp³-hybridized carbons (Fsp3) is 0.562. The summed E-state index contributed by atoms with van der Waals surface area (Å²) >= 11 is 0. The molecule has 1 saturated heterocycles. The van der Waals surface area contributed by atoms with E-state index in [1.54, 1.807) is 6.33 Å². The van der Waals surface area contributed by atoms with Gasteiger partial charge in [-0.2, -0.15) is 0 Å². The minimum Gasteiger partial charge on any atom is -0.361 e. The average molecular weight is 299 g/mol. The number of hydrogen-bond acceptors (Lipinski definition) is 6. The molecule has 2 aliphatic rings. The van der Waals surface area contributed by atoms with Gasteiger partial charge in [-0.05, 0) is 26.8 Å². The molecule has 0 radical (unpaired) electrons. The fourth-order valence-electron chi connectivity index (χ4n) is 3.58. The molecule has 0 amide bonds. The van der Waals surface area contributed by atoms with Crippen LogP contribution in [0.5, 0.6) is 0 Å². The summed E-state index contributed by atoms with van der Waals surface area (Å²) in [6, 6.07) is 2.31. The van der Waals surface area contributed by atoms with Crippen LogP contribution in [-0.4, -0.2) is 40.2 Å². The Kier molecular flexibility index (Phi) is 3.33. The van der Waals surface area contributed by atoms with Crippen LogP contribution in [0.2, 0.25) is 0 Å². The highest BCUT2D eigenvalue weighted by molar-refractivity contribution is 5.52. The molecular weight excluding hydrogens is 278 g/mol. The van der Waals surface area contributed by atoms with Crippen LogP contribution in [0.15, 0.2) is 16.9 Å². The zero-order chi connectivity index (χ0) is 15.1. The third kappa shape index (κ3) is 2.27. The maximum absolute atomic E-state index is 5.27. The first-order valence-electron chi connectivity index (χ1n) is 7.93. The van der Waals surface area contributed by atoms with Gasteiger partial charge in [0.1, 0.15) is 23.6 Å². The van der Waals surface area contributed by atoms with Crippen LogP contribution in [0, 0.1) is 6.92 Å². The lowest BCUT2D eigenvalue weighted by Gasteiger charge is -2.31. The lowest BCUT2D eigenvalue weighted by atomic mass is 10.1. The second-order valence-corrected chi connectivity index (χ2v) is 6.32. The Morgan fingerprint density at radius 1 is 1.27 bits per heavy atom. The third-order valence-electron chi connectivity index (χ3n) is 4.68. The van der Waals surface area contributed by atoms with Crippen LogP contribution < -0.4 is 4.90 Å². The molecule has 4 rings (SSSR count). The molecule has 2 aromatic heterocycles. The predicted octanol–water partition coefficient (Wildman–Crippen LogP) is 2.10. The molecule has 0 aliphatic carbocycles. The topological polar surface area (TPSA) is 58.3 Å². The Hall–Kier alpha value is -1.95. The normalized spacial score (nSPS) is 22.1. The minimum atomic E-state index is 0.267. The minimum absolute atomic E-state index is 0.267. The summed E-state index contributed by atoms with van der Waals surface area (Å²) in [5.74, 6) is 1.95. The van der Waals surface area contributed by atoms with Crippen LogP contribution in [0.3, 0.4) is 0 Å². The van der Waals surface area contributed by atoms with Crippen molar-refractivity contribution < 1.29 is 4.52 Å². The highest BCUT2D eigenvalue weighted by atomic mass is 16.5. The van der Waals surface area contributed by atoms with Crippen LogP contribution >= 0.6 is 0 Å². The highest BCUT2D eigenvalue weighted by Gasteiger charge is 2.32. The van der Waals surface area contributed by atoms with E-state index in [1.807, 2.05) is 13.0 Å². The van der Waals surface area contributed by atoms with Gasteiger partial charge < -0.3 is 14.3 Å². The molecule has 0 saturated carbocycles. The molecule has 0 bridgehead atoms. The molecule has 116 valence electrons. The van der Waals surface area contributed by atoms with Crippen molar-refractivity contribution in [2.24, 2.45) is 0 Å². The van der Waals surface area contributed by atoms with Gasteiger partial charge in [-0.25, -0.2) is 9.97 Å². The van der Waals surface area contributed by atoms with Crippen LogP contribution in [0.1, 0.15) is 41.6 Å². The molecule has 22 heavy (non-hydrogen) atoms. The molecule has 6 heteroatoms. The summed E-state index contributed by atoms with van der Waals surface area (Å²) in [6.07, 6.45) is 4.97. The van der Waals surface area contributed by atoms with E-state index in [2.05, 4.69) is 32.0 Å². The van der Waals surface area contributed by atoms with Gasteiger partial charge in [-0.1, -0.05) is 5.16 Å². The largest absolute Gasteiger partial charge is 0.361 e. The van der Waals surface area contributed by atoms with Gasteiger partial charge in [0.2, 0.25) is 0 Å². The smallest absolute Gasteiger partial charge is 0.137 e. The number of aryl methyl sites for hydroxylation is 1. The van der Waals surface area contributed by atoms with Crippen LogP contribution in [-0.2, 0) is 13.0 Å². The van der Waals surface area contributed by atoms with Gasteiger partial charge in [0, 0.05) is 37.7 Å². The Morgan fingerprint density at radius 2 is 2.18 bits per heavy atom. The van der Waals surface area contributed by atoms with Gasteiger partial charge >= 0.3 is 0 Å². The molecule has 1 atom stereocenters. The van der Waals surface area contributed by atoms with Crippen molar-refractivity contribution in [3.63, 3.8) is 0 Å². The monoisotopic (exact) mass is 299 g/mol. The van der Waals surface area contributed by atoms with Crippen molar-refractivity contribution in [1.82, 2.24) is 20.0 Å². The molecule has 6 nitrogen and oxygen atoms in total. The van der Waals surface area contributed by atoms with Crippen LogP contribution in [0.25, 0.3) is 0 Å². The summed E-state index contributed by atoms with van der Waals surface area (Å²) in [4.78, 5) is 13.8. The molecular formula is C16H21N5O. The molecule has 4 heterocycles. The first-order chi connectivity index (χ1) is 10.7. The van der Waals surface area contributed by atoms with Gasteiger partial charge in [0.25, 0.3) is 0 Å². The van der Waals surface area contributed by atoms with Gasteiger partial charge in [0.05, 0.1) is 11.7 Å². The number of likely N-dealkylation sites (N-methyl/N-ethyl adjacent to an activating group) is 1. The van der Waals surface area contributed by atoms with Crippen molar-refractivity contribution >= 4 is 5.82 Å². The number of fused-ring (bicyclic) bond motifs is 1. The Balaban J connectivity index is 1.72. The summed E-state index contributed by atoms with van der Waals surface area (Å²) < 4.78 is 5.27. The van der Waals surface area contributed by atoms with E-state index in [4.69, 9.17) is 4.52 Å². The van der Waals surface area contributed by atoms with E-state index in [0.717, 1.165) is 56.2 Å². The zero-order valence-corrected chi connectivity index (χ0v) is 13.1. The van der Waals surface area contributed by atoms with E-state index in [1.165, 1.54) is 11.3 Å². The van der Waals surface area contributed by atoms with E-state index in [0.29, 0.717) is 0 Å². The molecule has 0 aromatic carbocycles. The lowest BCUT2D eigenvalue weighted by molar-refractivity contribution is 0.309. The number of anilines is 1. The predicted molar refractivity (Wildman–Crippen MR) is 82.6 cm³/mol. The maximum atomic E-state index is 5.27. The Bertz CT molecular complexity index is 683. The molecule has 1 fully saturated rings. The Morgan fingerprint density at radius 3 is 3.00 bits per heavy atom. The van der Waals surface area contributed by atoms with Crippen molar-refractivity contribution in [3.05, 3.63) is 35.1 Å². The van der Waals surface area contributed by atoms with Crippen molar-refractivity contribution in [2.45, 2.75) is 38.8 Å². The van der Waals surface area contributed by atoms with Gasteiger partial charge in [0.15, 0.2) is 0 Å². The summed E-state index contributed by atoms with van der Waals surface area (Å²) in [7, 11) is 2.15. The quantitative estimate of drug-likeness (QED) is 0.846. The number of aromatic nitrogens is 3. The van der Waals surface area contributed by atoms with Crippen LogP contribution in [0.4, 0.5) is 5.82 Å². The first kappa shape index (κ1) is 13.7. The van der Waals surface area contributed by atoms with Crippen molar-refractivity contribution in [1.29, 1.82) is 0 Å². The molecule has 2 aliphatic heterocycles. The van der Waals surface area contributed by atoms with Gasteiger partial charge in [-0.15, -0.1) is 0 Å². The van der Waals surface area contributed by atoms with E-state index in [-0.39, 0.29) is 6.04 Å². The van der Waals surface area contributed by atoms with E-state index in [9.17, 15) is 0 Å². The number of nitrogens with zero attached hydrogens (tertiary/aromatic N) is 5. The molecule has 2 aromatic rings. The lowest BCUT2D eigenvalue weighted by Crippen LogP contribution is -2.32. The summed E-state index contributed by atoms with van der Waals surface area (Å²) in [6.45, 7) is 4.95. The van der Waals surface area contributed by atoms with Crippen molar-refractivity contribution in [2.75, 3.05) is 25.0 Å². The second kappa shape index (κ2) is 5.35. The third-order valence-corrected chi connectivity index (χ3v) is 4.68. The second-order valence-electron chi connectivity index (χ2n) is 6.32. The summed E-state index contributed by atoms with van der Waals surface area (Å²) in [5, 5.41) is 4.23. The number of rotatable bonds is 2.